The van der Waals surface area contributed by atoms with Crippen molar-refractivity contribution in [3.05, 3.63) is 89.5 Å². The Balaban J connectivity index is 1.73. The molecule has 0 saturated carbocycles. The summed E-state index contributed by atoms with van der Waals surface area (Å²) in [5, 5.41) is 0. The number of rotatable bonds is 4. The van der Waals surface area contributed by atoms with E-state index in [1.54, 1.807) is 38.3 Å². The van der Waals surface area contributed by atoms with E-state index >= 15 is 0 Å². The van der Waals surface area contributed by atoms with E-state index in [1.807, 2.05) is 53.1 Å². The number of methoxy groups -OCH3 is 1. The summed E-state index contributed by atoms with van der Waals surface area (Å²) in [4.78, 5) is 30.3. The smallest absolute Gasteiger partial charge is 0.258 e. The molecule has 0 fully saturated rings. The highest BCUT2D eigenvalue weighted by molar-refractivity contribution is 6.07. The minimum Gasteiger partial charge on any atom is -0.497 e. The van der Waals surface area contributed by atoms with E-state index in [-0.39, 0.29) is 29.3 Å². The third kappa shape index (κ3) is 4.81. The first-order chi connectivity index (χ1) is 16.6. The van der Waals surface area contributed by atoms with Gasteiger partial charge in [0.25, 0.3) is 5.91 Å². The van der Waals surface area contributed by atoms with Crippen molar-refractivity contribution in [1.82, 2.24) is 0 Å². The van der Waals surface area contributed by atoms with Crippen LogP contribution in [0.1, 0.15) is 68.6 Å². The van der Waals surface area contributed by atoms with E-state index in [2.05, 4.69) is 32.9 Å². The van der Waals surface area contributed by atoms with E-state index in [4.69, 9.17) is 4.74 Å². The monoisotopic (exact) mass is 470 g/mol. The van der Waals surface area contributed by atoms with E-state index < -0.39 is 0 Å². The lowest BCUT2D eigenvalue weighted by molar-refractivity contribution is -0.117. The van der Waals surface area contributed by atoms with Crippen LogP contribution in [0.5, 0.6) is 5.75 Å². The summed E-state index contributed by atoms with van der Waals surface area (Å²) in [7, 11) is 1.61. The van der Waals surface area contributed by atoms with Crippen molar-refractivity contribution in [2.45, 2.75) is 58.5 Å². The number of fused-ring (bicyclic) bond motifs is 1. The average Bonchev–Trinajstić information content (AvgIpc) is 2.83. The highest BCUT2D eigenvalue weighted by Gasteiger charge is 2.38. The number of amides is 2. The molecule has 0 unspecified atom stereocenters. The van der Waals surface area contributed by atoms with Crippen LogP contribution in [0, 0.1) is 0 Å². The second kappa shape index (κ2) is 9.57. The number of ether oxygens (including phenoxy) is 1. The molecule has 0 bridgehead atoms. The number of para-hydroxylation sites is 1. The molecule has 0 aromatic heterocycles. The van der Waals surface area contributed by atoms with Crippen LogP contribution >= 0.6 is 0 Å². The van der Waals surface area contributed by atoms with Crippen LogP contribution < -0.4 is 14.5 Å². The molecule has 2 atom stereocenters. The van der Waals surface area contributed by atoms with Gasteiger partial charge in [0.2, 0.25) is 5.91 Å². The molecule has 0 N–H and O–H groups in total. The second-order valence-corrected chi connectivity index (χ2v) is 10.2. The number of benzene rings is 3. The summed E-state index contributed by atoms with van der Waals surface area (Å²) in [6.45, 7) is 10.2. The topological polar surface area (TPSA) is 49.9 Å². The van der Waals surface area contributed by atoms with Gasteiger partial charge in [-0.25, -0.2) is 0 Å². The van der Waals surface area contributed by atoms with Crippen molar-refractivity contribution >= 4 is 23.2 Å². The molecule has 5 heteroatoms. The fourth-order valence-electron chi connectivity index (χ4n) is 4.91. The molecule has 0 spiro atoms. The van der Waals surface area contributed by atoms with Crippen molar-refractivity contribution in [2.24, 2.45) is 0 Å². The lowest BCUT2D eigenvalue weighted by atomic mass is 9.86. The molecule has 5 nitrogen and oxygen atoms in total. The van der Waals surface area contributed by atoms with Gasteiger partial charge in [-0.2, -0.15) is 0 Å². The molecule has 0 saturated heterocycles. The van der Waals surface area contributed by atoms with Gasteiger partial charge in [-0.15, -0.1) is 0 Å². The molecule has 4 rings (SSSR count). The molecular weight excluding hydrogens is 436 g/mol. The molecule has 3 aromatic rings. The maximum absolute atomic E-state index is 13.6. The van der Waals surface area contributed by atoms with E-state index in [1.165, 1.54) is 5.56 Å². The predicted octanol–water partition coefficient (Wildman–Crippen LogP) is 6.53. The number of hydrogen-bond donors (Lipinski definition) is 0. The molecule has 1 aliphatic rings. The average molecular weight is 471 g/mol. The van der Waals surface area contributed by atoms with Crippen LogP contribution in [0.3, 0.4) is 0 Å². The summed E-state index contributed by atoms with van der Waals surface area (Å²) >= 11 is 0. The van der Waals surface area contributed by atoms with E-state index in [9.17, 15) is 9.59 Å². The Hall–Kier alpha value is -3.60. The Labute approximate surface area is 208 Å². The third-order valence-corrected chi connectivity index (χ3v) is 6.78. The lowest BCUT2D eigenvalue weighted by Crippen LogP contribution is -2.47. The Morgan fingerprint density at radius 2 is 1.57 bits per heavy atom. The minimum atomic E-state index is -0.167. The van der Waals surface area contributed by atoms with Gasteiger partial charge in [-0.3, -0.25) is 9.59 Å². The molecule has 0 radical (unpaired) electrons. The SMILES string of the molecule is COc1ccc(C(=O)N2c3ccccc3[C@H](N(C(C)=O)c3ccc(C(C)(C)C)cc3)C[C@@H]2C)cc1. The van der Waals surface area contributed by atoms with Crippen molar-refractivity contribution in [1.29, 1.82) is 0 Å². The van der Waals surface area contributed by atoms with Gasteiger partial charge < -0.3 is 14.5 Å². The van der Waals surface area contributed by atoms with Crippen molar-refractivity contribution < 1.29 is 14.3 Å². The van der Waals surface area contributed by atoms with Crippen molar-refractivity contribution in [2.75, 3.05) is 16.9 Å². The zero-order valence-corrected chi connectivity index (χ0v) is 21.4. The first-order valence-electron chi connectivity index (χ1n) is 12.1. The number of carbonyl (C=O) groups is 2. The second-order valence-electron chi connectivity index (χ2n) is 10.2. The molecule has 0 aliphatic carbocycles. The molecular formula is C30H34N2O3. The Morgan fingerprint density at radius 3 is 2.14 bits per heavy atom. The van der Waals surface area contributed by atoms with Gasteiger partial charge in [0.1, 0.15) is 5.75 Å². The summed E-state index contributed by atoms with van der Waals surface area (Å²) in [5.74, 6) is 0.633. The molecule has 35 heavy (non-hydrogen) atoms. The van der Waals surface area contributed by atoms with Crippen LogP contribution in [-0.2, 0) is 10.2 Å². The van der Waals surface area contributed by atoms with E-state index in [0.717, 1.165) is 16.9 Å². The van der Waals surface area contributed by atoms with Gasteiger partial charge in [-0.05, 0) is 72.4 Å². The van der Waals surface area contributed by atoms with Crippen LogP contribution in [0.4, 0.5) is 11.4 Å². The Kier molecular flexibility index (Phi) is 6.70. The van der Waals surface area contributed by atoms with Gasteiger partial charge >= 0.3 is 0 Å². The highest BCUT2D eigenvalue weighted by atomic mass is 16.5. The first-order valence-corrected chi connectivity index (χ1v) is 12.1. The zero-order valence-electron chi connectivity index (χ0n) is 21.4. The van der Waals surface area contributed by atoms with Crippen LogP contribution in [0.2, 0.25) is 0 Å². The fraction of sp³-hybridized carbons (Fsp3) is 0.333. The number of nitrogens with zero attached hydrogens (tertiary/aromatic N) is 2. The van der Waals surface area contributed by atoms with Crippen LogP contribution in [-0.4, -0.2) is 25.0 Å². The standard InChI is InChI=1S/C30H34N2O3/c1-20-19-28(32(21(2)33)24-15-13-23(14-16-24)30(3,4)5)26-9-7-8-10-27(26)31(20)29(34)22-11-17-25(35-6)18-12-22/h7-18,20,28H,19H2,1-6H3/t20-,28+/m0/s1. The van der Waals surface area contributed by atoms with Gasteiger partial charge in [0, 0.05) is 29.9 Å². The van der Waals surface area contributed by atoms with Gasteiger partial charge in [0.05, 0.1) is 13.2 Å². The van der Waals surface area contributed by atoms with Crippen molar-refractivity contribution in [3.63, 3.8) is 0 Å². The van der Waals surface area contributed by atoms with E-state index in [0.29, 0.717) is 17.7 Å². The molecule has 3 aromatic carbocycles. The Morgan fingerprint density at radius 1 is 0.943 bits per heavy atom. The van der Waals surface area contributed by atoms with Crippen molar-refractivity contribution in [3.8, 4) is 5.75 Å². The molecule has 1 aliphatic heterocycles. The fourth-order valence-corrected chi connectivity index (χ4v) is 4.91. The first kappa shape index (κ1) is 24.5. The zero-order chi connectivity index (χ0) is 25.3. The largest absolute Gasteiger partial charge is 0.497 e. The van der Waals surface area contributed by atoms with Gasteiger partial charge in [0.15, 0.2) is 0 Å². The highest BCUT2D eigenvalue weighted by Crippen LogP contribution is 2.43. The number of hydrogen-bond acceptors (Lipinski definition) is 3. The molecule has 1 heterocycles. The number of carbonyl (C=O) groups excluding carboxylic acids is 2. The lowest BCUT2D eigenvalue weighted by Gasteiger charge is -2.43. The molecule has 2 amide bonds. The quantitative estimate of drug-likeness (QED) is 0.436. The van der Waals surface area contributed by atoms with Crippen LogP contribution in [0.15, 0.2) is 72.8 Å². The predicted molar refractivity (Wildman–Crippen MR) is 141 cm³/mol. The minimum absolute atomic E-state index is 0.0181. The maximum Gasteiger partial charge on any atom is 0.258 e. The summed E-state index contributed by atoms with van der Waals surface area (Å²) in [6.07, 6.45) is 0.638. The maximum atomic E-state index is 13.6. The summed E-state index contributed by atoms with van der Waals surface area (Å²) < 4.78 is 5.24. The molecule has 182 valence electrons. The van der Waals surface area contributed by atoms with Gasteiger partial charge in [-0.1, -0.05) is 51.1 Å². The van der Waals surface area contributed by atoms with Crippen LogP contribution in [0.25, 0.3) is 0 Å². The third-order valence-electron chi connectivity index (χ3n) is 6.78. The number of anilines is 2. The summed E-state index contributed by atoms with van der Waals surface area (Å²) in [6, 6.07) is 23.1. The summed E-state index contributed by atoms with van der Waals surface area (Å²) in [5.41, 5.74) is 4.54. The normalized spacial score (nSPS) is 17.5. The Bertz CT molecular complexity index is 1210.